The summed E-state index contributed by atoms with van der Waals surface area (Å²) in [5.74, 6) is 2.67. The van der Waals surface area contributed by atoms with Gasteiger partial charge in [-0.05, 0) is 99.2 Å². The van der Waals surface area contributed by atoms with Crippen molar-refractivity contribution < 1.29 is 20.1 Å². The molecule has 3 aliphatic rings. The fourth-order valence-corrected chi connectivity index (χ4v) is 7.87. The van der Waals surface area contributed by atoms with Gasteiger partial charge >= 0.3 is 0 Å². The van der Waals surface area contributed by atoms with Crippen molar-refractivity contribution in [2.75, 3.05) is 0 Å². The zero-order valence-electron chi connectivity index (χ0n) is 20.9. The predicted molar refractivity (Wildman–Crippen MR) is 125 cm³/mol. The molecule has 0 aromatic heterocycles. The minimum Gasteiger partial charge on any atom is -0.393 e. The Kier molecular flexibility index (Phi) is 7.36. The SMILES string of the molecule is CC[C@]1(C)[C@@H]([C@H](C)CCC(O)C(C)(C)O)CC[C@H]1[C@H]1C[C@@]2(C)CCC(=O)C[C@H]2CC1O. The Morgan fingerprint density at radius 2 is 1.87 bits per heavy atom. The first-order valence-corrected chi connectivity index (χ1v) is 12.9. The van der Waals surface area contributed by atoms with Gasteiger partial charge in [-0.3, -0.25) is 4.79 Å². The molecule has 3 rings (SSSR count). The van der Waals surface area contributed by atoms with Crippen molar-refractivity contribution in [3.8, 4) is 0 Å². The van der Waals surface area contributed by atoms with Gasteiger partial charge in [0.05, 0.1) is 17.8 Å². The average Bonchev–Trinajstić information content (AvgIpc) is 3.03. The minimum absolute atomic E-state index is 0.193. The minimum atomic E-state index is -1.05. The maximum Gasteiger partial charge on any atom is 0.133 e. The zero-order valence-corrected chi connectivity index (χ0v) is 20.9. The molecule has 2 unspecified atom stereocenters. The molecule has 0 amide bonds. The van der Waals surface area contributed by atoms with Crippen molar-refractivity contribution >= 4 is 5.78 Å². The zero-order chi connectivity index (χ0) is 23.2. The number of hydrogen-bond donors (Lipinski definition) is 3. The fraction of sp³-hybridized carbons (Fsp3) is 0.963. The molecule has 0 aromatic rings. The maximum absolute atomic E-state index is 12.0. The van der Waals surface area contributed by atoms with Gasteiger partial charge < -0.3 is 15.3 Å². The van der Waals surface area contributed by atoms with Crippen LogP contribution in [-0.2, 0) is 4.79 Å². The van der Waals surface area contributed by atoms with E-state index in [4.69, 9.17) is 0 Å². The number of ketones is 1. The molecule has 180 valence electrons. The van der Waals surface area contributed by atoms with Crippen molar-refractivity contribution in [2.45, 2.75) is 124 Å². The van der Waals surface area contributed by atoms with Crippen molar-refractivity contribution in [1.82, 2.24) is 0 Å². The molecular weight excluding hydrogens is 388 g/mol. The second-order valence-corrected chi connectivity index (χ2v) is 12.6. The first kappa shape index (κ1) is 25.2. The van der Waals surface area contributed by atoms with Crippen molar-refractivity contribution in [2.24, 2.45) is 40.4 Å². The van der Waals surface area contributed by atoms with E-state index in [1.807, 2.05) is 0 Å². The van der Waals surface area contributed by atoms with E-state index < -0.39 is 11.7 Å². The third kappa shape index (κ3) is 4.92. The van der Waals surface area contributed by atoms with Crippen LogP contribution in [0.2, 0.25) is 0 Å². The van der Waals surface area contributed by atoms with Crippen LogP contribution in [0.1, 0.15) is 106 Å². The molecule has 31 heavy (non-hydrogen) atoms. The van der Waals surface area contributed by atoms with E-state index in [0.29, 0.717) is 54.6 Å². The lowest BCUT2D eigenvalue weighted by Gasteiger charge is -2.53. The molecule has 0 aromatic carbocycles. The molecule has 0 aliphatic heterocycles. The van der Waals surface area contributed by atoms with E-state index in [0.717, 1.165) is 32.1 Å². The lowest BCUT2D eigenvalue weighted by Crippen LogP contribution is -2.49. The molecule has 4 nitrogen and oxygen atoms in total. The number of aliphatic hydroxyl groups is 3. The molecule has 3 saturated carbocycles. The summed E-state index contributed by atoms with van der Waals surface area (Å²) in [5, 5.41) is 31.6. The summed E-state index contributed by atoms with van der Waals surface area (Å²) in [6.07, 6.45) is 8.29. The smallest absolute Gasteiger partial charge is 0.133 e. The third-order valence-electron chi connectivity index (χ3n) is 10.3. The van der Waals surface area contributed by atoms with Crippen LogP contribution in [0.4, 0.5) is 0 Å². The monoisotopic (exact) mass is 436 g/mol. The highest BCUT2D eigenvalue weighted by atomic mass is 16.3. The molecule has 9 atom stereocenters. The van der Waals surface area contributed by atoms with Gasteiger partial charge in [-0.15, -0.1) is 0 Å². The van der Waals surface area contributed by atoms with Crippen LogP contribution in [0.25, 0.3) is 0 Å². The van der Waals surface area contributed by atoms with E-state index in [2.05, 4.69) is 27.7 Å². The Balaban J connectivity index is 1.72. The number of rotatable bonds is 7. The molecule has 4 heteroatoms. The van der Waals surface area contributed by atoms with Gasteiger partial charge in [-0.25, -0.2) is 0 Å². The molecule has 0 saturated heterocycles. The molecule has 0 radical (unpaired) electrons. The maximum atomic E-state index is 12.0. The van der Waals surface area contributed by atoms with Crippen LogP contribution >= 0.6 is 0 Å². The van der Waals surface area contributed by atoms with E-state index in [-0.39, 0.29) is 16.9 Å². The van der Waals surface area contributed by atoms with E-state index in [1.165, 1.54) is 12.8 Å². The first-order valence-electron chi connectivity index (χ1n) is 12.9. The summed E-state index contributed by atoms with van der Waals surface area (Å²) in [7, 11) is 0. The Morgan fingerprint density at radius 1 is 1.19 bits per heavy atom. The average molecular weight is 437 g/mol. The highest BCUT2D eigenvalue weighted by molar-refractivity contribution is 5.79. The van der Waals surface area contributed by atoms with Crippen LogP contribution in [0.5, 0.6) is 0 Å². The summed E-state index contributed by atoms with van der Waals surface area (Å²) >= 11 is 0. The molecular formula is C27H48O4. The molecule has 0 spiro atoms. The quantitative estimate of drug-likeness (QED) is 0.517. The largest absolute Gasteiger partial charge is 0.393 e. The van der Waals surface area contributed by atoms with Gasteiger partial charge in [0, 0.05) is 12.8 Å². The Hall–Kier alpha value is -0.450. The van der Waals surface area contributed by atoms with E-state index >= 15 is 0 Å². The Morgan fingerprint density at radius 3 is 2.48 bits per heavy atom. The highest BCUT2D eigenvalue weighted by Gasteiger charge is 2.55. The van der Waals surface area contributed by atoms with Gasteiger partial charge in [0.15, 0.2) is 0 Å². The highest BCUT2D eigenvalue weighted by Crippen LogP contribution is 2.61. The molecule has 0 heterocycles. The van der Waals surface area contributed by atoms with Crippen LogP contribution in [0.3, 0.4) is 0 Å². The van der Waals surface area contributed by atoms with Crippen LogP contribution in [0.15, 0.2) is 0 Å². The number of Topliss-reactive ketones (excluding diaryl/α,β-unsaturated/α-hetero) is 1. The van der Waals surface area contributed by atoms with Crippen molar-refractivity contribution in [3.05, 3.63) is 0 Å². The molecule has 3 N–H and O–H groups in total. The van der Waals surface area contributed by atoms with Crippen LogP contribution in [-0.4, -0.2) is 38.9 Å². The van der Waals surface area contributed by atoms with Gasteiger partial charge in [-0.2, -0.15) is 0 Å². The number of hydrogen-bond acceptors (Lipinski definition) is 4. The third-order valence-corrected chi connectivity index (χ3v) is 10.3. The second-order valence-electron chi connectivity index (χ2n) is 12.6. The summed E-state index contributed by atoms with van der Waals surface area (Å²) in [6.45, 7) is 12.8. The normalized spacial score (nSPS) is 43.5. The number of fused-ring (bicyclic) bond motifs is 1. The Bertz CT molecular complexity index is 640. The summed E-state index contributed by atoms with van der Waals surface area (Å²) in [5.41, 5.74) is -0.656. The van der Waals surface area contributed by atoms with E-state index in [9.17, 15) is 20.1 Å². The summed E-state index contributed by atoms with van der Waals surface area (Å²) in [6, 6.07) is 0. The summed E-state index contributed by atoms with van der Waals surface area (Å²) in [4.78, 5) is 12.0. The van der Waals surface area contributed by atoms with Crippen LogP contribution in [0, 0.1) is 40.4 Å². The number of carbonyl (C=O) groups excluding carboxylic acids is 1. The molecule has 3 aliphatic carbocycles. The van der Waals surface area contributed by atoms with Crippen molar-refractivity contribution in [3.63, 3.8) is 0 Å². The van der Waals surface area contributed by atoms with Gasteiger partial charge in [0.25, 0.3) is 0 Å². The number of carbonyl (C=O) groups is 1. The van der Waals surface area contributed by atoms with Crippen LogP contribution < -0.4 is 0 Å². The van der Waals surface area contributed by atoms with E-state index in [1.54, 1.807) is 13.8 Å². The molecule has 0 bridgehead atoms. The standard InChI is InChI=1S/C27H48O4/c1-7-27(6)21(17(2)8-11-24(30)25(3,4)31)9-10-22(27)20-16-26(5)13-12-19(28)14-18(26)15-23(20)29/h17-18,20-24,29-31H,7-16H2,1-6H3/t17-,18+,20-,21-,22+,23?,24?,26-,27-/m1/s1. The Labute approximate surface area is 190 Å². The lowest BCUT2D eigenvalue weighted by atomic mass is 9.52. The topological polar surface area (TPSA) is 77.8 Å². The summed E-state index contributed by atoms with van der Waals surface area (Å²) < 4.78 is 0. The fourth-order valence-electron chi connectivity index (χ4n) is 7.87. The first-order chi connectivity index (χ1) is 14.3. The predicted octanol–water partition coefficient (Wildman–Crippen LogP) is 5.12. The van der Waals surface area contributed by atoms with Crippen molar-refractivity contribution in [1.29, 1.82) is 0 Å². The second kappa shape index (κ2) is 9.06. The van der Waals surface area contributed by atoms with Gasteiger partial charge in [0.2, 0.25) is 0 Å². The lowest BCUT2D eigenvalue weighted by molar-refractivity contribution is -0.133. The van der Waals surface area contributed by atoms with Gasteiger partial charge in [-0.1, -0.05) is 34.1 Å². The molecule has 3 fully saturated rings. The van der Waals surface area contributed by atoms with Gasteiger partial charge in [0.1, 0.15) is 5.78 Å². The number of aliphatic hydroxyl groups excluding tert-OH is 2.